The van der Waals surface area contributed by atoms with Crippen molar-refractivity contribution in [2.24, 2.45) is 0 Å². The highest BCUT2D eigenvalue weighted by Crippen LogP contribution is 2.29. The van der Waals surface area contributed by atoms with Crippen molar-refractivity contribution >= 4 is 36.1 Å². The molecule has 0 bridgehead atoms. The van der Waals surface area contributed by atoms with Crippen molar-refractivity contribution in [1.82, 2.24) is 30.2 Å². The van der Waals surface area contributed by atoms with Crippen LogP contribution in [0.15, 0.2) is 49.2 Å². The Morgan fingerprint density at radius 2 is 1.87 bits per heavy atom. The minimum Gasteiger partial charge on any atom is -0.381 e. The number of rotatable bonds is 7. The summed E-state index contributed by atoms with van der Waals surface area (Å²) in [6.07, 6.45) is 8.09. The Bertz CT molecular complexity index is 1410. The van der Waals surface area contributed by atoms with Crippen LogP contribution in [-0.4, -0.2) is 57.6 Å². The maximum Gasteiger partial charge on any atom is 0.254 e. The fourth-order valence-electron chi connectivity index (χ4n) is 4.59. The van der Waals surface area contributed by atoms with Crippen LogP contribution in [0, 0.1) is 5.82 Å². The number of benzene rings is 1. The number of carbonyl (C=O) groups is 1. The van der Waals surface area contributed by atoms with Gasteiger partial charge >= 0.3 is 0 Å². The molecular weight excluding hydrogens is 505 g/mol. The van der Waals surface area contributed by atoms with Crippen LogP contribution in [-0.2, 0) is 4.74 Å². The lowest BCUT2D eigenvalue weighted by Gasteiger charge is -2.20. The van der Waals surface area contributed by atoms with Crippen molar-refractivity contribution in [3.63, 3.8) is 0 Å². The number of aromatic nitrogens is 5. The van der Waals surface area contributed by atoms with Crippen molar-refractivity contribution in [1.29, 1.82) is 0 Å². The fourth-order valence-corrected chi connectivity index (χ4v) is 4.59. The van der Waals surface area contributed by atoms with Gasteiger partial charge in [-0.2, -0.15) is 13.5 Å². The summed E-state index contributed by atoms with van der Waals surface area (Å²) in [5.41, 5.74) is 3.04. The molecule has 5 rings (SSSR count). The number of hydrogen-bond donors (Lipinski definition) is 2. The number of hydrogen-bond acceptors (Lipinski definition) is 8. The number of anilines is 1. The Labute approximate surface area is 227 Å². The molecule has 1 aliphatic rings. The normalized spacial score (nSPS) is 14.5. The predicted molar refractivity (Wildman–Crippen MR) is 148 cm³/mol. The van der Waals surface area contributed by atoms with E-state index in [9.17, 15) is 9.18 Å². The third-order valence-corrected chi connectivity index (χ3v) is 6.68. The molecule has 0 aliphatic carbocycles. The van der Waals surface area contributed by atoms with E-state index in [1.54, 1.807) is 18.5 Å². The van der Waals surface area contributed by atoms with Crippen molar-refractivity contribution in [3.05, 3.63) is 72.0 Å². The van der Waals surface area contributed by atoms with Crippen molar-refractivity contribution < 1.29 is 13.9 Å². The summed E-state index contributed by atoms with van der Waals surface area (Å²) in [4.78, 5) is 34.4. The average molecular weight is 536 g/mol. The standard InChI is InChI=1S/C27H28FN7O2.H2S/c1-16(19-4-3-5-20-24(27(36)29-2)21(28)14-31-25(19)20)11-30-23-10-22(34-15-35-23)18-12-32-26(33-13-18)17-6-8-37-9-7-17;/h3-5,10,12-17H,6-9,11H2,1-2H3,(H,29,36)(H,30,34,35);1H2/t16-;/m1./s1. The van der Waals surface area contributed by atoms with Crippen molar-refractivity contribution in [2.75, 3.05) is 32.1 Å². The summed E-state index contributed by atoms with van der Waals surface area (Å²) in [6.45, 7) is 4.08. The van der Waals surface area contributed by atoms with Gasteiger partial charge in [0.2, 0.25) is 0 Å². The van der Waals surface area contributed by atoms with Gasteiger partial charge in [0.15, 0.2) is 5.82 Å². The van der Waals surface area contributed by atoms with Gasteiger partial charge in [0, 0.05) is 68.1 Å². The van der Waals surface area contributed by atoms with E-state index in [2.05, 4.69) is 35.6 Å². The molecule has 0 radical (unpaired) electrons. The monoisotopic (exact) mass is 535 g/mol. The van der Waals surface area contributed by atoms with Gasteiger partial charge in [-0.1, -0.05) is 25.1 Å². The minimum absolute atomic E-state index is 0. The molecule has 3 aromatic heterocycles. The number of pyridine rings is 1. The Hall–Kier alpha value is -3.70. The summed E-state index contributed by atoms with van der Waals surface area (Å²) >= 11 is 0. The molecule has 9 nitrogen and oxygen atoms in total. The molecule has 1 amide bonds. The Morgan fingerprint density at radius 3 is 2.61 bits per heavy atom. The van der Waals surface area contributed by atoms with E-state index in [1.807, 2.05) is 25.1 Å². The number of para-hydroxylation sites is 1. The Kier molecular flexibility index (Phi) is 8.80. The number of fused-ring (bicyclic) bond motifs is 1. The first-order valence-electron chi connectivity index (χ1n) is 12.3. The van der Waals surface area contributed by atoms with Gasteiger partial charge in [-0.3, -0.25) is 9.78 Å². The molecule has 11 heteroatoms. The van der Waals surface area contributed by atoms with Gasteiger partial charge < -0.3 is 15.4 Å². The third-order valence-electron chi connectivity index (χ3n) is 6.68. The maximum absolute atomic E-state index is 14.4. The van der Waals surface area contributed by atoms with Gasteiger partial charge in [0.1, 0.15) is 18.0 Å². The first-order chi connectivity index (χ1) is 18.0. The molecule has 2 N–H and O–H groups in total. The van der Waals surface area contributed by atoms with Crippen LogP contribution in [0.2, 0.25) is 0 Å². The van der Waals surface area contributed by atoms with Crippen molar-refractivity contribution in [3.8, 4) is 11.3 Å². The molecule has 1 saturated heterocycles. The zero-order valence-corrected chi connectivity index (χ0v) is 22.2. The summed E-state index contributed by atoms with van der Waals surface area (Å²) < 4.78 is 19.8. The maximum atomic E-state index is 14.4. The van der Waals surface area contributed by atoms with Crippen LogP contribution < -0.4 is 10.6 Å². The molecule has 1 aromatic carbocycles. The lowest BCUT2D eigenvalue weighted by atomic mass is 9.96. The van der Waals surface area contributed by atoms with Crippen LogP contribution in [0.4, 0.5) is 10.2 Å². The van der Waals surface area contributed by atoms with Gasteiger partial charge in [-0.05, 0) is 18.4 Å². The Balaban J connectivity index is 0.00000336. The zero-order chi connectivity index (χ0) is 25.8. The van der Waals surface area contributed by atoms with Gasteiger partial charge in [0.25, 0.3) is 5.91 Å². The zero-order valence-electron chi connectivity index (χ0n) is 21.2. The molecule has 1 aliphatic heterocycles. The number of nitrogens with one attached hydrogen (secondary N) is 2. The smallest absolute Gasteiger partial charge is 0.254 e. The molecule has 1 atom stereocenters. The lowest BCUT2D eigenvalue weighted by Crippen LogP contribution is -2.20. The number of nitrogens with zero attached hydrogens (tertiary/aromatic N) is 5. The second-order valence-electron chi connectivity index (χ2n) is 9.09. The largest absolute Gasteiger partial charge is 0.381 e. The molecule has 198 valence electrons. The van der Waals surface area contributed by atoms with E-state index in [-0.39, 0.29) is 25.0 Å². The van der Waals surface area contributed by atoms with Gasteiger partial charge in [-0.15, -0.1) is 0 Å². The van der Waals surface area contributed by atoms with Crippen LogP contribution in [0.25, 0.3) is 22.2 Å². The summed E-state index contributed by atoms with van der Waals surface area (Å²) in [5, 5.41) is 6.34. The van der Waals surface area contributed by atoms with Gasteiger partial charge in [0.05, 0.1) is 23.0 Å². The van der Waals surface area contributed by atoms with E-state index in [0.717, 1.165) is 54.9 Å². The predicted octanol–water partition coefficient (Wildman–Crippen LogP) is 4.20. The SMILES string of the molecule is CNC(=O)c1c(F)cnc2c([C@H](C)CNc3cc(-c4cnc(C5CCOCC5)nc4)ncn3)cccc12.S. The molecule has 1 fully saturated rings. The van der Waals surface area contributed by atoms with E-state index in [4.69, 9.17) is 4.74 Å². The number of ether oxygens (including phenoxy) is 1. The highest BCUT2D eigenvalue weighted by Gasteiger charge is 2.20. The number of halogens is 1. The first-order valence-corrected chi connectivity index (χ1v) is 12.3. The van der Waals surface area contributed by atoms with Crippen LogP contribution in [0.5, 0.6) is 0 Å². The quantitative estimate of drug-likeness (QED) is 0.362. The topological polar surface area (TPSA) is 115 Å². The highest BCUT2D eigenvalue weighted by molar-refractivity contribution is 7.59. The van der Waals surface area contributed by atoms with E-state index < -0.39 is 11.7 Å². The van der Waals surface area contributed by atoms with Crippen LogP contribution >= 0.6 is 13.5 Å². The minimum atomic E-state index is -0.645. The average Bonchev–Trinajstić information content (AvgIpc) is 2.96. The molecule has 0 spiro atoms. The number of carbonyl (C=O) groups excluding carboxylic acids is 1. The van der Waals surface area contributed by atoms with Crippen molar-refractivity contribution in [2.45, 2.75) is 31.6 Å². The highest BCUT2D eigenvalue weighted by atomic mass is 32.1. The van der Waals surface area contributed by atoms with E-state index in [1.165, 1.54) is 13.4 Å². The van der Waals surface area contributed by atoms with Crippen LogP contribution in [0.3, 0.4) is 0 Å². The summed E-state index contributed by atoms with van der Waals surface area (Å²) in [5.74, 6) is 0.713. The third kappa shape index (κ3) is 5.73. The second kappa shape index (κ2) is 12.2. The fraction of sp³-hybridized carbons (Fsp3) is 0.333. The number of amides is 1. The molecule has 0 saturated carbocycles. The second-order valence-corrected chi connectivity index (χ2v) is 9.09. The van der Waals surface area contributed by atoms with Crippen LogP contribution in [0.1, 0.15) is 53.3 Å². The van der Waals surface area contributed by atoms with E-state index >= 15 is 0 Å². The molecule has 0 unspecified atom stereocenters. The molecule has 4 aromatic rings. The Morgan fingerprint density at radius 1 is 1.11 bits per heavy atom. The summed E-state index contributed by atoms with van der Waals surface area (Å²) in [6, 6.07) is 7.33. The molecule has 4 heterocycles. The lowest BCUT2D eigenvalue weighted by molar-refractivity contribution is 0.0836. The van der Waals surface area contributed by atoms with E-state index in [0.29, 0.717) is 29.2 Å². The molecule has 38 heavy (non-hydrogen) atoms. The molecular formula is C27H30FN7O2S. The van der Waals surface area contributed by atoms with Gasteiger partial charge in [-0.25, -0.2) is 24.3 Å². The summed E-state index contributed by atoms with van der Waals surface area (Å²) in [7, 11) is 1.48. The first kappa shape index (κ1) is 27.3.